The van der Waals surface area contributed by atoms with Gasteiger partial charge in [0.25, 0.3) is 0 Å². The summed E-state index contributed by atoms with van der Waals surface area (Å²) in [4.78, 5) is 26.6. The van der Waals surface area contributed by atoms with Gasteiger partial charge in [-0.25, -0.2) is 0 Å². The first kappa shape index (κ1) is 19.1. The van der Waals surface area contributed by atoms with Crippen LogP contribution in [0.5, 0.6) is 0 Å². The molecule has 1 N–H and O–H groups in total. The van der Waals surface area contributed by atoms with Crippen LogP contribution >= 0.6 is 0 Å². The van der Waals surface area contributed by atoms with E-state index in [1.54, 1.807) is 10.9 Å². The predicted molar refractivity (Wildman–Crippen MR) is 98.7 cm³/mol. The van der Waals surface area contributed by atoms with Crippen molar-refractivity contribution >= 4 is 11.8 Å². The van der Waals surface area contributed by atoms with Gasteiger partial charge in [-0.2, -0.15) is 5.10 Å². The molecule has 2 aromatic heterocycles. The van der Waals surface area contributed by atoms with Gasteiger partial charge in [0.15, 0.2) is 0 Å². The Morgan fingerprint density at radius 1 is 1.37 bits per heavy atom. The lowest BCUT2D eigenvalue weighted by atomic mass is 10.1. The molecule has 8 heteroatoms. The van der Waals surface area contributed by atoms with E-state index < -0.39 is 0 Å². The molecule has 0 bridgehead atoms. The van der Waals surface area contributed by atoms with E-state index in [2.05, 4.69) is 15.6 Å². The zero-order chi connectivity index (χ0) is 19.4. The second-order valence-corrected chi connectivity index (χ2v) is 7.16. The maximum Gasteiger partial charge on any atom is 0.222 e. The Balaban J connectivity index is 1.50. The topological polar surface area (TPSA) is 93.3 Å². The van der Waals surface area contributed by atoms with E-state index in [9.17, 15) is 9.59 Å². The van der Waals surface area contributed by atoms with Crippen molar-refractivity contribution in [1.82, 2.24) is 25.2 Å². The molecule has 0 saturated carbocycles. The lowest BCUT2D eigenvalue weighted by Gasteiger charge is -2.21. The highest BCUT2D eigenvalue weighted by atomic mass is 16.5. The van der Waals surface area contributed by atoms with Crippen molar-refractivity contribution in [3.8, 4) is 0 Å². The third kappa shape index (κ3) is 4.75. The second kappa shape index (κ2) is 8.37. The van der Waals surface area contributed by atoms with Crippen LogP contribution in [0.2, 0.25) is 0 Å². The normalized spacial score (nSPS) is 17.8. The van der Waals surface area contributed by atoms with Crippen LogP contribution in [-0.2, 0) is 29.6 Å². The summed E-state index contributed by atoms with van der Waals surface area (Å²) >= 11 is 0. The molecule has 146 valence electrons. The number of aryl methyl sites for hydroxylation is 4. The molecule has 1 unspecified atom stereocenters. The van der Waals surface area contributed by atoms with Gasteiger partial charge in [-0.15, -0.1) is 0 Å². The third-order valence-corrected chi connectivity index (χ3v) is 5.23. The van der Waals surface area contributed by atoms with Gasteiger partial charge in [0.05, 0.1) is 12.2 Å². The maximum absolute atomic E-state index is 12.5. The highest BCUT2D eigenvalue weighted by Crippen LogP contribution is 2.19. The van der Waals surface area contributed by atoms with Crippen molar-refractivity contribution in [1.29, 1.82) is 0 Å². The lowest BCUT2D eigenvalue weighted by Crippen LogP contribution is -2.36. The summed E-state index contributed by atoms with van der Waals surface area (Å²) in [5.74, 6) is 0.888. The van der Waals surface area contributed by atoms with Crippen molar-refractivity contribution in [3.05, 3.63) is 35.0 Å². The summed E-state index contributed by atoms with van der Waals surface area (Å²) in [6, 6.07) is 1.95. The molecular formula is C19H27N5O3. The van der Waals surface area contributed by atoms with Crippen LogP contribution in [-0.4, -0.2) is 44.2 Å². The Morgan fingerprint density at radius 3 is 2.85 bits per heavy atom. The van der Waals surface area contributed by atoms with Crippen molar-refractivity contribution < 1.29 is 14.1 Å². The van der Waals surface area contributed by atoms with E-state index in [1.165, 1.54) is 0 Å². The molecule has 27 heavy (non-hydrogen) atoms. The highest BCUT2D eigenvalue weighted by molar-refractivity contribution is 5.78. The lowest BCUT2D eigenvalue weighted by molar-refractivity contribution is -0.131. The standard InChI is InChI=1S/C19H27N5O3/c1-13-17(14(2)27-22-13)12-24-11-9-15(4-7-19(24)26)21-18(25)6-5-16-8-10-20-23(16)3/h8,10,15H,4-7,9,11-12H2,1-3H3,(H,21,25). The molecule has 0 aliphatic carbocycles. The molecule has 8 nitrogen and oxygen atoms in total. The number of carbonyl (C=O) groups is 2. The number of rotatable bonds is 6. The van der Waals surface area contributed by atoms with Crippen LogP contribution in [0, 0.1) is 13.8 Å². The van der Waals surface area contributed by atoms with Gasteiger partial charge >= 0.3 is 0 Å². The minimum absolute atomic E-state index is 0.0211. The number of hydrogen-bond acceptors (Lipinski definition) is 5. The van der Waals surface area contributed by atoms with E-state index in [-0.39, 0.29) is 17.9 Å². The molecule has 0 aromatic carbocycles. The summed E-state index contributed by atoms with van der Waals surface area (Å²) in [6.45, 7) is 4.89. The molecule has 0 spiro atoms. The summed E-state index contributed by atoms with van der Waals surface area (Å²) in [6.07, 6.45) is 4.69. The van der Waals surface area contributed by atoms with Gasteiger partial charge in [0.1, 0.15) is 5.76 Å². The molecule has 2 aromatic rings. The molecule has 1 aliphatic rings. The summed E-state index contributed by atoms with van der Waals surface area (Å²) < 4.78 is 6.97. The molecular weight excluding hydrogens is 346 g/mol. The first-order valence-electron chi connectivity index (χ1n) is 9.40. The SMILES string of the molecule is Cc1noc(C)c1CN1CCC(NC(=O)CCc2ccnn2C)CCC1=O. The Kier molecular flexibility index (Phi) is 5.93. The molecule has 2 amide bonds. The molecule has 3 rings (SSSR count). The fourth-order valence-corrected chi connectivity index (χ4v) is 3.45. The van der Waals surface area contributed by atoms with Gasteiger partial charge in [-0.3, -0.25) is 14.3 Å². The Bertz CT molecular complexity index is 791. The Morgan fingerprint density at radius 2 is 2.19 bits per heavy atom. The van der Waals surface area contributed by atoms with Gasteiger partial charge in [0, 0.05) is 49.9 Å². The smallest absolute Gasteiger partial charge is 0.222 e. The zero-order valence-electron chi connectivity index (χ0n) is 16.2. The summed E-state index contributed by atoms with van der Waals surface area (Å²) in [5, 5.41) is 11.2. The van der Waals surface area contributed by atoms with Crippen LogP contribution in [0.15, 0.2) is 16.8 Å². The maximum atomic E-state index is 12.5. The van der Waals surface area contributed by atoms with Gasteiger partial charge < -0.3 is 14.7 Å². The van der Waals surface area contributed by atoms with Crippen LogP contribution in [0.25, 0.3) is 0 Å². The second-order valence-electron chi connectivity index (χ2n) is 7.16. The predicted octanol–water partition coefficient (Wildman–Crippen LogP) is 1.66. The number of carbonyl (C=O) groups excluding carboxylic acids is 2. The van der Waals surface area contributed by atoms with E-state index in [0.29, 0.717) is 38.8 Å². The number of hydrogen-bond donors (Lipinski definition) is 1. The van der Waals surface area contributed by atoms with Crippen LogP contribution < -0.4 is 5.32 Å². The largest absolute Gasteiger partial charge is 0.361 e. The Labute approximate surface area is 158 Å². The number of nitrogens with zero attached hydrogens (tertiary/aromatic N) is 4. The van der Waals surface area contributed by atoms with Crippen LogP contribution in [0.4, 0.5) is 0 Å². The number of nitrogens with one attached hydrogen (secondary N) is 1. The average molecular weight is 373 g/mol. The third-order valence-electron chi connectivity index (χ3n) is 5.23. The monoisotopic (exact) mass is 373 g/mol. The number of likely N-dealkylation sites (tertiary alicyclic amines) is 1. The fourth-order valence-electron chi connectivity index (χ4n) is 3.45. The van der Waals surface area contributed by atoms with E-state index >= 15 is 0 Å². The highest BCUT2D eigenvalue weighted by Gasteiger charge is 2.25. The molecule has 1 aliphatic heterocycles. The molecule has 1 atom stereocenters. The minimum atomic E-state index is 0.0211. The van der Waals surface area contributed by atoms with Crippen molar-refractivity contribution in [2.45, 2.75) is 58.5 Å². The first-order valence-corrected chi connectivity index (χ1v) is 9.40. The fraction of sp³-hybridized carbons (Fsp3) is 0.579. The zero-order valence-corrected chi connectivity index (χ0v) is 16.2. The Hall–Kier alpha value is -2.64. The van der Waals surface area contributed by atoms with E-state index in [4.69, 9.17) is 4.52 Å². The average Bonchev–Trinajstić information content (AvgIpc) is 3.13. The quantitative estimate of drug-likeness (QED) is 0.831. The van der Waals surface area contributed by atoms with Crippen molar-refractivity contribution in [2.75, 3.05) is 6.54 Å². The van der Waals surface area contributed by atoms with Gasteiger partial charge in [-0.1, -0.05) is 5.16 Å². The van der Waals surface area contributed by atoms with E-state index in [0.717, 1.165) is 29.1 Å². The molecule has 0 radical (unpaired) electrons. The van der Waals surface area contributed by atoms with Gasteiger partial charge in [0.2, 0.25) is 11.8 Å². The molecule has 1 fully saturated rings. The minimum Gasteiger partial charge on any atom is -0.361 e. The van der Waals surface area contributed by atoms with E-state index in [1.807, 2.05) is 31.9 Å². The number of amides is 2. The molecule has 3 heterocycles. The van der Waals surface area contributed by atoms with Crippen LogP contribution in [0.3, 0.4) is 0 Å². The molecule has 1 saturated heterocycles. The van der Waals surface area contributed by atoms with Crippen molar-refractivity contribution in [3.63, 3.8) is 0 Å². The van der Waals surface area contributed by atoms with Gasteiger partial charge in [-0.05, 0) is 39.2 Å². The van der Waals surface area contributed by atoms with Crippen molar-refractivity contribution in [2.24, 2.45) is 7.05 Å². The van der Waals surface area contributed by atoms with Crippen LogP contribution in [0.1, 0.15) is 48.4 Å². The summed E-state index contributed by atoms with van der Waals surface area (Å²) in [7, 11) is 1.87. The number of aromatic nitrogens is 3. The first-order chi connectivity index (χ1) is 12.9. The summed E-state index contributed by atoms with van der Waals surface area (Å²) in [5.41, 5.74) is 2.83.